The number of halogens is 1. The third kappa shape index (κ3) is 3.31. The van der Waals surface area contributed by atoms with Crippen molar-refractivity contribution >= 4 is 23.2 Å². The van der Waals surface area contributed by atoms with Gasteiger partial charge in [0.25, 0.3) is 0 Å². The first kappa shape index (κ1) is 15.3. The molecule has 110 valence electrons. The summed E-state index contributed by atoms with van der Waals surface area (Å²) in [7, 11) is 0. The molecule has 0 aliphatic rings. The number of aryl methyl sites for hydroxylation is 2. The summed E-state index contributed by atoms with van der Waals surface area (Å²) in [5.41, 5.74) is 1.40. The second kappa shape index (κ2) is 6.10. The van der Waals surface area contributed by atoms with E-state index in [1.165, 1.54) is 4.57 Å². The largest absolute Gasteiger partial charge is 0.348 e. The Morgan fingerprint density at radius 1 is 1.33 bits per heavy atom. The lowest BCUT2D eigenvalue weighted by Gasteiger charge is -2.17. The van der Waals surface area contributed by atoms with E-state index in [4.69, 9.17) is 11.6 Å². The highest BCUT2D eigenvalue weighted by atomic mass is 35.5. The minimum atomic E-state index is -0.679. The molecule has 1 unspecified atom stereocenters. The number of para-hydroxylation sites is 1. The van der Waals surface area contributed by atoms with Crippen molar-refractivity contribution in [1.82, 2.24) is 9.55 Å². The van der Waals surface area contributed by atoms with E-state index in [1.54, 1.807) is 51.1 Å². The fourth-order valence-electron chi connectivity index (χ4n) is 2.15. The van der Waals surface area contributed by atoms with Crippen molar-refractivity contribution < 1.29 is 4.79 Å². The number of nitrogens with one attached hydrogen (secondary N) is 1. The van der Waals surface area contributed by atoms with Crippen LogP contribution < -0.4 is 11.0 Å². The van der Waals surface area contributed by atoms with Crippen molar-refractivity contribution in [1.29, 1.82) is 0 Å². The molecule has 0 saturated carbocycles. The number of hydrogen-bond donors (Lipinski definition) is 1. The van der Waals surface area contributed by atoms with Crippen LogP contribution in [0.5, 0.6) is 0 Å². The van der Waals surface area contributed by atoms with Gasteiger partial charge in [-0.3, -0.25) is 9.36 Å². The van der Waals surface area contributed by atoms with Gasteiger partial charge in [-0.1, -0.05) is 23.7 Å². The van der Waals surface area contributed by atoms with Crippen molar-refractivity contribution in [2.45, 2.75) is 26.8 Å². The van der Waals surface area contributed by atoms with Gasteiger partial charge in [-0.25, -0.2) is 4.79 Å². The molecule has 5 nitrogen and oxygen atoms in total. The van der Waals surface area contributed by atoms with Gasteiger partial charge in [0.2, 0.25) is 5.91 Å². The minimum Gasteiger partial charge on any atom is -0.323 e. The molecular formula is C15H16ClN3O2. The smallest absolute Gasteiger partial charge is 0.323 e. The minimum absolute atomic E-state index is 0.320. The van der Waals surface area contributed by atoms with E-state index in [1.807, 2.05) is 0 Å². The summed E-state index contributed by atoms with van der Waals surface area (Å²) in [6, 6.07) is 8.03. The van der Waals surface area contributed by atoms with E-state index in [9.17, 15) is 9.59 Å². The van der Waals surface area contributed by atoms with Gasteiger partial charge >= 0.3 is 5.69 Å². The Morgan fingerprint density at radius 2 is 2.00 bits per heavy atom. The quantitative estimate of drug-likeness (QED) is 0.948. The molecule has 0 saturated heterocycles. The summed E-state index contributed by atoms with van der Waals surface area (Å²) in [5.74, 6) is -0.320. The average molecular weight is 306 g/mol. The van der Waals surface area contributed by atoms with Crippen LogP contribution in [0.3, 0.4) is 0 Å². The third-order valence-electron chi connectivity index (χ3n) is 3.17. The van der Waals surface area contributed by atoms with Crippen molar-refractivity contribution in [2.75, 3.05) is 5.32 Å². The third-order valence-corrected chi connectivity index (χ3v) is 3.50. The van der Waals surface area contributed by atoms with Gasteiger partial charge in [-0.15, -0.1) is 0 Å². The summed E-state index contributed by atoms with van der Waals surface area (Å²) in [5, 5.41) is 3.17. The molecule has 0 radical (unpaired) electrons. The van der Waals surface area contributed by atoms with E-state index in [2.05, 4.69) is 10.3 Å². The maximum Gasteiger partial charge on any atom is 0.348 e. The molecule has 1 atom stereocenters. The number of amides is 1. The molecule has 0 aliphatic heterocycles. The number of benzene rings is 1. The highest BCUT2D eigenvalue weighted by Crippen LogP contribution is 2.21. The number of hydrogen-bond acceptors (Lipinski definition) is 3. The van der Waals surface area contributed by atoms with E-state index >= 15 is 0 Å². The van der Waals surface area contributed by atoms with Crippen LogP contribution >= 0.6 is 11.6 Å². The summed E-state index contributed by atoms with van der Waals surface area (Å²) in [6.07, 6.45) is 0. The molecule has 1 amide bonds. The second-order valence-corrected chi connectivity index (χ2v) is 5.24. The Labute approximate surface area is 127 Å². The van der Waals surface area contributed by atoms with Crippen LogP contribution in [0.1, 0.15) is 24.4 Å². The summed E-state index contributed by atoms with van der Waals surface area (Å²) >= 11 is 6.01. The Morgan fingerprint density at radius 3 is 2.62 bits per heavy atom. The Hall–Kier alpha value is -2.14. The molecule has 2 aromatic rings. The van der Waals surface area contributed by atoms with Gasteiger partial charge in [0.1, 0.15) is 6.04 Å². The lowest BCUT2D eigenvalue weighted by molar-refractivity contribution is -0.118. The van der Waals surface area contributed by atoms with Gasteiger partial charge in [0.15, 0.2) is 0 Å². The van der Waals surface area contributed by atoms with E-state index in [-0.39, 0.29) is 5.91 Å². The first-order chi connectivity index (χ1) is 9.90. The highest BCUT2D eigenvalue weighted by Gasteiger charge is 2.19. The maximum atomic E-state index is 12.3. The number of anilines is 1. The van der Waals surface area contributed by atoms with Crippen LogP contribution in [0.25, 0.3) is 0 Å². The molecule has 0 fully saturated rings. The Balaban J connectivity index is 2.29. The number of aromatic nitrogens is 2. The zero-order chi connectivity index (χ0) is 15.6. The van der Waals surface area contributed by atoms with Crippen molar-refractivity contribution in [3.05, 3.63) is 57.2 Å². The fourth-order valence-corrected chi connectivity index (χ4v) is 2.33. The summed E-state index contributed by atoms with van der Waals surface area (Å²) < 4.78 is 1.36. The van der Waals surface area contributed by atoms with Crippen LogP contribution in [-0.2, 0) is 4.79 Å². The van der Waals surface area contributed by atoms with E-state index in [0.29, 0.717) is 22.1 Å². The summed E-state index contributed by atoms with van der Waals surface area (Å²) in [6.45, 7) is 5.17. The number of rotatable bonds is 3. The van der Waals surface area contributed by atoms with Gasteiger partial charge < -0.3 is 5.32 Å². The van der Waals surface area contributed by atoms with Crippen LogP contribution in [0.2, 0.25) is 5.02 Å². The highest BCUT2D eigenvalue weighted by molar-refractivity contribution is 6.33. The number of nitrogens with zero attached hydrogens (tertiary/aromatic N) is 2. The molecule has 21 heavy (non-hydrogen) atoms. The van der Waals surface area contributed by atoms with Crippen molar-refractivity contribution in [2.24, 2.45) is 0 Å². The molecule has 0 aliphatic carbocycles. The van der Waals surface area contributed by atoms with E-state index in [0.717, 1.165) is 0 Å². The van der Waals surface area contributed by atoms with E-state index < -0.39 is 11.7 Å². The molecule has 1 aromatic carbocycles. The Kier molecular flexibility index (Phi) is 4.43. The standard InChI is InChI=1S/C15H16ClN3O2/c1-9-8-10(2)19(15(21)17-9)11(3)14(20)18-13-7-5-4-6-12(13)16/h4-8,11H,1-3H3,(H,18,20). The topological polar surface area (TPSA) is 64.0 Å². The van der Waals surface area contributed by atoms with Gasteiger partial charge in [0, 0.05) is 11.4 Å². The molecule has 0 bridgehead atoms. The Bertz CT molecular complexity index is 740. The lowest BCUT2D eigenvalue weighted by Crippen LogP contribution is -2.34. The SMILES string of the molecule is Cc1cc(C)n(C(C)C(=O)Nc2ccccc2Cl)c(=O)n1. The molecular weight excluding hydrogens is 290 g/mol. The number of carbonyl (C=O) groups excluding carboxylic acids is 1. The van der Waals surface area contributed by atoms with Crippen molar-refractivity contribution in [3.8, 4) is 0 Å². The predicted molar refractivity (Wildman–Crippen MR) is 82.8 cm³/mol. The van der Waals surface area contributed by atoms with Gasteiger partial charge in [-0.2, -0.15) is 4.98 Å². The molecule has 1 aromatic heterocycles. The van der Waals surface area contributed by atoms with Crippen LogP contribution in [0.4, 0.5) is 5.69 Å². The molecule has 6 heteroatoms. The fraction of sp³-hybridized carbons (Fsp3) is 0.267. The monoisotopic (exact) mass is 305 g/mol. The first-order valence-electron chi connectivity index (χ1n) is 6.52. The molecule has 2 rings (SSSR count). The van der Waals surface area contributed by atoms with Crippen molar-refractivity contribution in [3.63, 3.8) is 0 Å². The lowest BCUT2D eigenvalue weighted by atomic mass is 10.2. The van der Waals surface area contributed by atoms with Crippen LogP contribution in [0, 0.1) is 13.8 Å². The molecule has 1 N–H and O–H groups in total. The maximum absolute atomic E-state index is 12.3. The molecule has 0 spiro atoms. The van der Waals surface area contributed by atoms with Crippen LogP contribution in [-0.4, -0.2) is 15.5 Å². The zero-order valence-electron chi connectivity index (χ0n) is 12.1. The number of carbonyl (C=O) groups is 1. The first-order valence-corrected chi connectivity index (χ1v) is 6.90. The average Bonchev–Trinajstić information content (AvgIpc) is 2.40. The second-order valence-electron chi connectivity index (χ2n) is 4.84. The van der Waals surface area contributed by atoms with Gasteiger partial charge in [-0.05, 0) is 39.0 Å². The van der Waals surface area contributed by atoms with Crippen LogP contribution in [0.15, 0.2) is 35.1 Å². The summed E-state index contributed by atoms with van der Waals surface area (Å²) in [4.78, 5) is 28.1. The molecule has 1 heterocycles. The zero-order valence-corrected chi connectivity index (χ0v) is 12.8. The predicted octanol–water partition coefficient (Wildman–Crippen LogP) is 2.71. The van der Waals surface area contributed by atoms with Gasteiger partial charge in [0.05, 0.1) is 10.7 Å². The normalized spacial score (nSPS) is 12.0.